The van der Waals surface area contributed by atoms with Gasteiger partial charge in [-0.2, -0.15) is 5.10 Å². The lowest BCUT2D eigenvalue weighted by atomic mass is 9.89. The molecule has 4 aromatic rings. The number of nitrogens with zero attached hydrogens (tertiary/aromatic N) is 3. The van der Waals surface area contributed by atoms with Crippen molar-refractivity contribution in [2.24, 2.45) is 7.05 Å². The third-order valence-corrected chi connectivity index (χ3v) is 4.75. The van der Waals surface area contributed by atoms with E-state index in [9.17, 15) is 13.6 Å². The van der Waals surface area contributed by atoms with Crippen LogP contribution in [0.25, 0.3) is 11.0 Å². The molecule has 144 valence electrons. The van der Waals surface area contributed by atoms with Crippen LogP contribution in [0.5, 0.6) is 0 Å². The van der Waals surface area contributed by atoms with Crippen LogP contribution in [0.1, 0.15) is 29.0 Å². The van der Waals surface area contributed by atoms with Crippen molar-refractivity contribution in [2.75, 3.05) is 0 Å². The molecule has 3 aromatic heterocycles. The first-order chi connectivity index (χ1) is 14.0. The fraction of sp³-hybridized carbons (Fsp3) is 0.136. The summed E-state index contributed by atoms with van der Waals surface area (Å²) in [7, 11) is 1.61. The molecule has 1 unspecified atom stereocenters. The van der Waals surface area contributed by atoms with E-state index in [0.717, 1.165) is 23.6 Å². The van der Waals surface area contributed by atoms with Gasteiger partial charge in [-0.05, 0) is 35.9 Å². The molecule has 0 saturated heterocycles. The lowest BCUT2D eigenvalue weighted by Crippen LogP contribution is -2.23. The minimum Gasteiger partial charge on any atom is -0.318 e. The van der Waals surface area contributed by atoms with Crippen molar-refractivity contribution < 1.29 is 8.78 Å². The number of H-pyrrole nitrogens is 1. The number of aromatic amines is 1. The summed E-state index contributed by atoms with van der Waals surface area (Å²) >= 11 is 0. The normalized spacial score (nSPS) is 11.8. The maximum absolute atomic E-state index is 14.5. The number of nitrogens with one attached hydrogen (secondary N) is 1. The molecule has 1 aromatic carbocycles. The van der Waals surface area contributed by atoms with E-state index in [0.29, 0.717) is 16.8 Å². The molecule has 0 spiro atoms. The molecule has 0 aliphatic rings. The molecule has 4 rings (SSSR count). The molecule has 7 heteroatoms. The SMILES string of the molecule is Cn1cccc(C(CC#Cc2ccnc3[nH]ncc23)c2cc(F)ccc2F)c1=O. The summed E-state index contributed by atoms with van der Waals surface area (Å²) in [4.78, 5) is 16.8. The largest absolute Gasteiger partial charge is 0.318 e. The number of aryl methyl sites for hydroxylation is 1. The highest BCUT2D eigenvalue weighted by atomic mass is 19.1. The van der Waals surface area contributed by atoms with Gasteiger partial charge in [-0.3, -0.25) is 9.89 Å². The number of rotatable bonds is 3. The molecular weight excluding hydrogens is 374 g/mol. The molecule has 0 radical (unpaired) electrons. The van der Waals surface area contributed by atoms with Crippen molar-refractivity contribution in [3.05, 3.63) is 93.7 Å². The van der Waals surface area contributed by atoms with Gasteiger partial charge in [0.25, 0.3) is 5.56 Å². The van der Waals surface area contributed by atoms with Crippen LogP contribution < -0.4 is 5.56 Å². The van der Waals surface area contributed by atoms with Gasteiger partial charge in [0.15, 0.2) is 5.65 Å². The average Bonchev–Trinajstić information content (AvgIpc) is 3.20. The first kappa shape index (κ1) is 18.6. The minimum absolute atomic E-state index is 0.103. The van der Waals surface area contributed by atoms with Crippen molar-refractivity contribution in [1.29, 1.82) is 0 Å². The van der Waals surface area contributed by atoms with Gasteiger partial charge in [-0.15, -0.1) is 0 Å². The molecular formula is C22H16F2N4O. The van der Waals surface area contributed by atoms with E-state index in [2.05, 4.69) is 27.0 Å². The average molecular weight is 390 g/mol. The van der Waals surface area contributed by atoms with Crippen LogP contribution in [0.15, 0.2) is 59.8 Å². The van der Waals surface area contributed by atoms with E-state index >= 15 is 0 Å². The molecule has 1 atom stereocenters. The molecule has 0 aliphatic carbocycles. The second-order valence-electron chi connectivity index (χ2n) is 6.59. The number of hydrogen-bond donors (Lipinski definition) is 1. The predicted octanol–water partition coefficient (Wildman–Crippen LogP) is 3.51. The highest BCUT2D eigenvalue weighted by Gasteiger charge is 2.21. The molecule has 3 heterocycles. The van der Waals surface area contributed by atoms with Crippen LogP contribution in [0.4, 0.5) is 8.78 Å². The van der Waals surface area contributed by atoms with Gasteiger partial charge in [0.1, 0.15) is 11.6 Å². The topological polar surface area (TPSA) is 63.6 Å². The Kier molecular flexibility index (Phi) is 4.92. The molecule has 1 N–H and O–H groups in total. The number of pyridine rings is 2. The predicted molar refractivity (Wildman–Crippen MR) is 105 cm³/mol. The van der Waals surface area contributed by atoms with Crippen LogP contribution in [-0.2, 0) is 7.05 Å². The Morgan fingerprint density at radius 2 is 2.07 bits per heavy atom. The highest BCUT2D eigenvalue weighted by Crippen LogP contribution is 2.28. The number of aromatic nitrogens is 4. The van der Waals surface area contributed by atoms with Crippen molar-refractivity contribution in [1.82, 2.24) is 19.7 Å². The first-order valence-corrected chi connectivity index (χ1v) is 8.92. The van der Waals surface area contributed by atoms with Gasteiger partial charge < -0.3 is 4.57 Å². The van der Waals surface area contributed by atoms with E-state index in [1.54, 1.807) is 43.8 Å². The van der Waals surface area contributed by atoms with Gasteiger partial charge in [0.2, 0.25) is 0 Å². The first-order valence-electron chi connectivity index (χ1n) is 8.92. The number of hydrogen-bond acceptors (Lipinski definition) is 3. The Balaban J connectivity index is 1.78. The highest BCUT2D eigenvalue weighted by molar-refractivity contribution is 5.81. The lowest BCUT2D eigenvalue weighted by Gasteiger charge is -2.16. The molecule has 5 nitrogen and oxygen atoms in total. The maximum Gasteiger partial charge on any atom is 0.254 e. The molecule has 0 bridgehead atoms. The standard InChI is InChI=1S/C22H16F2N4O/c1-28-11-3-6-17(22(28)29)16(18-12-15(23)7-8-20(18)24)5-2-4-14-9-10-25-21-19(14)13-26-27-21/h3,6-13,16H,5H2,1H3,(H,25,26,27). The molecule has 29 heavy (non-hydrogen) atoms. The zero-order chi connectivity index (χ0) is 20.4. The Labute approximate surface area is 165 Å². The van der Waals surface area contributed by atoms with Crippen LogP contribution in [0, 0.1) is 23.5 Å². The minimum atomic E-state index is -0.709. The maximum atomic E-state index is 14.5. The second-order valence-corrected chi connectivity index (χ2v) is 6.59. The number of halogens is 2. The Morgan fingerprint density at radius 1 is 1.21 bits per heavy atom. The summed E-state index contributed by atoms with van der Waals surface area (Å²) in [6.07, 6.45) is 4.99. The van der Waals surface area contributed by atoms with Crippen LogP contribution >= 0.6 is 0 Å². The van der Waals surface area contributed by atoms with Crippen molar-refractivity contribution >= 4 is 11.0 Å². The van der Waals surface area contributed by atoms with E-state index in [1.807, 2.05) is 0 Å². The molecule has 0 fully saturated rings. The van der Waals surface area contributed by atoms with E-state index in [-0.39, 0.29) is 17.5 Å². The monoisotopic (exact) mass is 390 g/mol. The van der Waals surface area contributed by atoms with Crippen LogP contribution in [0.3, 0.4) is 0 Å². The third kappa shape index (κ3) is 3.65. The number of benzene rings is 1. The molecule has 0 amide bonds. The van der Waals surface area contributed by atoms with Gasteiger partial charge in [-0.1, -0.05) is 17.9 Å². The lowest BCUT2D eigenvalue weighted by molar-refractivity contribution is 0.574. The third-order valence-electron chi connectivity index (χ3n) is 4.75. The molecule has 0 aliphatic heterocycles. The summed E-state index contributed by atoms with van der Waals surface area (Å²) in [6, 6.07) is 8.32. The fourth-order valence-corrected chi connectivity index (χ4v) is 3.26. The summed E-state index contributed by atoms with van der Waals surface area (Å²) in [5.74, 6) is 4.20. The van der Waals surface area contributed by atoms with Crippen LogP contribution in [0.2, 0.25) is 0 Å². The summed E-state index contributed by atoms with van der Waals surface area (Å²) in [5.41, 5.74) is 1.51. The summed E-state index contributed by atoms with van der Waals surface area (Å²) < 4.78 is 29.7. The van der Waals surface area contributed by atoms with Crippen molar-refractivity contribution in [2.45, 2.75) is 12.3 Å². The zero-order valence-electron chi connectivity index (χ0n) is 15.5. The smallest absolute Gasteiger partial charge is 0.254 e. The Hall–Kier alpha value is -3.79. The number of fused-ring (bicyclic) bond motifs is 1. The van der Waals surface area contributed by atoms with E-state index < -0.39 is 17.6 Å². The van der Waals surface area contributed by atoms with Gasteiger partial charge in [0.05, 0.1) is 11.6 Å². The zero-order valence-corrected chi connectivity index (χ0v) is 15.5. The van der Waals surface area contributed by atoms with Gasteiger partial charge in [0, 0.05) is 42.9 Å². The van der Waals surface area contributed by atoms with Crippen molar-refractivity contribution in [3.8, 4) is 11.8 Å². The quantitative estimate of drug-likeness (QED) is 0.545. The molecule has 0 saturated carbocycles. The van der Waals surface area contributed by atoms with E-state index in [4.69, 9.17) is 0 Å². The fourth-order valence-electron chi connectivity index (χ4n) is 3.26. The Morgan fingerprint density at radius 3 is 2.93 bits per heavy atom. The van der Waals surface area contributed by atoms with Crippen LogP contribution in [-0.4, -0.2) is 19.7 Å². The Bertz CT molecular complexity index is 1310. The van der Waals surface area contributed by atoms with E-state index in [1.165, 1.54) is 4.57 Å². The van der Waals surface area contributed by atoms with Gasteiger partial charge in [-0.25, -0.2) is 13.8 Å². The second kappa shape index (κ2) is 7.68. The van der Waals surface area contributed by atoms with Gasteiger partial charge >= 0.3 is 0 Å². The summed E-state index contributed by atoms with van der Waals surface area (Å²) in [5, 5.41) is 7.49. The summed E-state index contributed by atoms with van der Waals surface area (Å²) in [6.45, 7) is 0. The van der Waals surface area contributed by atoms with Crippen molar-refractivity contribution in [3.63, 3.8) is 0 Å².